The van der Waals surface area contributed by atoms with Crippen LogP contribution in [0.4, 0.5) is 0 Å². The van der Waals surface area contributed by atoms with E-state index in [-0.39, 0.29) is 0 Å². The van der Waals surface area contributed by atoms with Crippen molar-refractivity contribution in [2.75, 3.05) is 18.6 Å². The fourth-order valence-corrected chi connectivity index (χ4v) is 2.63. The summed E-state index contributed by atoms with van der Waals surface area (Å²) in [6.07, 6.45) is 7.31. The Morgan fingerprint density at radius 3 is 2.71 bits per heavy atom. The van der Waals surface area contributed by atoms with Crippen LogP contribution in [0, 0.1) is 0 Å². The molecule has 0 fully saturated rings. The standard InChI is InChI=1S/C15H23N5S/c1-21-12-8-3-2-7-11-16-13-15-17-18-19-20(15)14-9-5-4-6-10-14/h4-6,9-10,16H,2-3,7-8,11-13H2,1H3. The molecule has 0 aliphatic carbocycles. The second kappa shape index (κ2) is 9.52. The topological polar surface area (TPSA) is 55.6 Å². The lowest BCUT2D eigenvalue weighted by molar-refractivity contribution is 0.581. The van der Waals surface area contributed by atoms with E-state index in [1.165, 1.54) is 31.4 Å². The molecule has 114 valence electrons. The van der Waals surface area contributed by atoms with Crippen molar-refractivity contribution in [3.8, 4) is 5.69 Å². The largest absolute Gasteiger partial charge is 0.310 e. The quantitative estimate of drug-likeness (QED) is 0.684. The SMILES string of the molecule is CSCCCCCCNCc1nnnn1-c1ccccc1. The highest BCUT2D eigenvalue weighted by Crippen LogP contribution is 2.07. The zero-order valence-corrected chi connectivity index (χ0v) is 13.4. The highest BCUT2D eigenvalue weighted by atomic mass is 32.2. The number of para-hydroxylation sites is 1. The maximum atomic E-state index is 4.09. The van der Waals surface area contributed by atoms with Gasteiger partial charge >= 0.3 is 0 Å². The number of benzene rings is 1. The Bertz CT molecular complexity index is 500. The van der Waals surface area contributed by atoms with Crippen LogP contribution in [0.2, 0.25) is 0 Å². The minimum atomic E-state index is 0.701. The first-order valence-electron chi connectivity index (χ1n) is 7.44. The van der Waals surface area contributed by atoms with E-state index >= 15 is 0 Å². The Kier molecular flexibility index (Phi) is 7.24. The molecule has 1 N–H and O–H groups in total. The number of thioether (sulfide) groups is 1. The monoisotopic (exact) mass is 305 g/mol. The molecule has 0 spiro atoms. The van der Waals surface area contributed by atoms with Gasteiger partial charge in [0, 0.05) is 0 Å². The van der Waals surface area contributed by atoms with Gasteiger partial charge in [-0.05, 0) is 54.0 Å². The van der Waals surface area contributed by atoms with E-state index in [4.69, 9.17) is 0 Å². The van der Waals surface area contributed by atoms with Gasteiger partial charge in [0.2, 0.25) is 0 Å². The van der Waals surface area contributed by atoms with E-state index in [0.29, 0.717) is 6.54 Å². The zero-order chi connectivity index (χ0) is 14.8. The predicted molar refractivity (Wildman–Crippen MR) is 87.7 cm³/mol. The van der Waals surface area contributed by atoms with Gasteiger partial charge in [0.25, 0.3) is 0 Å². The molecular formula is C15H23N5S. The molecule has 1 aromatic carbocycles. The molecule has 0 saturated heterocycles. The lowest BCUT2D eigenvalue weighted by Crippen LogP contribution is -2.18. The number of unbranched alkanes of at least 4 members (excludes halogenated alkanes) is 3. The number of hydrogen-bond donors (Lipinski definition) is 1. The van der Waals surface area contributed by atoms with E-state index in [2.05, 4.69) is 27.1 Å². The summed E-state index contributed by atoms with van der Waals surface area (Å²) in [6.45, 7) is 1.72. The minimum Gasteiger partial charge on any atom is -0.310 e. The molecule has 0 amide bonds. The zero-order valence-electron chi connectivity index (χ0n) is 12.5. The first-order chi connectivity index (χ1) is 10.4. The third kappa shape index (κ3) is 5.47. The van der Waals surface area contributed by atoms with Crippen LogP contribution in [0.5, 0.6) is 0 Å². The van der Waals surface area contributed by atoms with Crippen LogP contribution >= 0.6 is 11.8 Å². The smallest absolute Gasteiger partial charge is 0.170 e. The molecule has 5 nitrogen and oxygen atoms in total. The first-order valence-corrected chi connectivity index (χ1v) is 8.83. The minimum absolute atomic E-state index is 0.701. The van der Waals surface area contributed by atoms with Crippen LogP contribution in [0.3, 0.4) is 0 Å². The normalized spacial score (nSPS) is 10.9. The molecule has 6 heteroatoms. The lowest BCUT2D eigenvalue weighted by Gasteiger charge is -2.06. The van der Waals surface area contributed by atoms with Gasteiger partial charge in [-0.2, -0.15) is 16.4 Å². The van der Waals surface area contributed by atoms with Gasteiger partial charge in [0.1, 0.15) is 0 Å². The molecule has 0 atom stereocenters. The first kappa shape index (κ1) is 16.0. The number of nitrogens with zero attached hydrogens (tertiary/aromatic N) is 4. The summed E-state index contributed by atoms with van der Waals surface area (Å²) >= 11 is 1.93. The molecule has 0 aliphatic heterocycles. The van der Waals surface area contributed by atoms with E-state index in [1.54, 1.807) is 4.68 Å². The van der Waals surface area contributed by atoms with Crippen molar-refractivity contribution in [1.29, 1.82) is 0 Å². The average molecular weight is 305 g/mol. The molecule has 0 unspecified atom stereocenters. The number of aromatic nitrogens is 4. The Balaban J connectivity index is 1.69. The number of nitrogens with one attached hydrogen (secondary N) is 1. The van der Waals surface area contributed by atoms with Gasteiger partial charge in [-0.25, -0.2) is 0 Å². The van der Waals surface area contributed by atoms with Gasteiger partial charge in [-0.1, -0.05) is 31.0 Å². The van der Waals surface area contributed by atoms with Gasteiger partial charge in [-0.3, -0.25) is 0 Å². The Morgan fingerprint density at radius 2 is 1.90 bits per heavy atom. The molecule has 0 radical (unpaired) electrons. The van der Waals surface area contributed by atoms with Crippen molar-refractivity contribution < 1.29 is 0 Å². The molecule has 0 saturated carbocycles. The van der Waals surface area contributed by atoms with E-state index in [9.17, 15) is 0 Å². The number of tetrazole rings is 1. The van der Waals surface area contributed by atoms with Gasteiger partial charge in [0.15, 0.2) is 5.82 Å². The maximum absolute atomic E-state index is 4.09. The predicted octanol–water partition coefficient (Wildman–Crippen LogP) is 2.68. The van der Waals surface area contributed by atoms with Gasteiger partial charge < -0.3 is 5.32 Å². The van der Waals surface area contributed by atoms with Crippen LogP contribution in [0.1, 0.15) is 31.5 Å². The molecule has 1 aromatic heterocycles. The molecule has 1 heterocycles. The van der Waals surface area contributed by atoms with Crippen molar-refractivity contribution in [2.45, 2.75) is 32.2 Å². The molecule has 0 aliphatic rings. The molecule has 2 rings (SSSR count). The van der Waals surface area contributed by atoms with E-state index < -0.39 is 0 Å². The van der Waals surface area contributed by atoms with Crippen LogP contribution in [0.15, 0.2) is 30.3 Å². The van der Waals surface area contributed by atoms with Gasteiger partial charge in [-0.15, -0.1) is 5.10 Å². The second-order valence-electron chi connectivity index (χ2n) is 4.93. The molecule has 2 aromatic rings. The Morgan fingerprint density at radius 1 is 1.10 bits per heavy atom. The van der Waals surface area contributed by atoms with Crippen molar-refractivity contribution in [2.24, 2.45) is 0 Å². The van der Waals surface area contributed by atoms with Crippen LogP contribution in [0.25, 0.3) is 5.69 Å². The third-order valence-corrected chi connectivity index (χ3v) is 3.97. The summed E-state index contributed by atoms with van der Waals surface area (Å²) in [5.41, 5.74) is 0.997. The molecular weight excluding hydrogens is 282 g/mol. The van der Waals surface area contributed by atoms with Crippen LogP contribution in [-0.4, -0.2) is 38.8 Å². The van der Waals surface area contributed by atoms with Crippen LogP contribution < -0.4 is 5.32 Å². The van der Waals surface area contributed by atoms with Crippen LogP contribution in [-0.2, 0) is 6.54 Å². The van der Waals surface area contributed by atoms with E-state index in [0.717, 1.165) is 18.1 Å². The van der Waals surface area contributed by atoms with Crippen molar-refractivity contribution in [3.05, 3.63) is 36.2 Å². The lowest BCUT2D eigenvalue weighted by atomic mass is 10.2. The summed E-state index contributed by atoms with van der Waals surface area (Å²) in [5.74, 6) is 2.13. The summed E-state index contributed by atoms with van der Waals surface area (Å²) in [5, 5.41) is 15.3. The average Bonchev–Trinajstić information content (AvgIpc) is 2.99. The van der Waals surface area contributed by atoms with Crippen molar-refractivity contribution in [1.82, 2.24) is 25.5 Å². The number of hydrogen-bond acceptors (Lipinski definition) is 5. The van der Waals surface area contributed by atoms with Crippen molar-refractivity contribution in [3.63, 3.8) is 0 Å². The summed E-state index contributed by atoms with van der Waals surface area (Å²) in [4.78, 5) is 0. The third-order valence-electron chi connectivity index (χ3n) is 3.27. The summed E-state index contributed by atoms with van der Waals surface area (Å²) < 4.78 is 1.78. The maximum Gasteiger partial charge on any atom is 0.170 e. The highest BCUT2D eigenvalue weighted by Gasteiger charge is 2.06. The van der Waals surface area contributed by atoms with E-state index in [1.807, 2.05) is 42.1 Å². The fraction of sp³-hybridized carbons (Fsp3) is 0.533. The van der Waals surface area contributed by atoms with Crippen molar-refractivity contribution >= 4 is 11.8 Å². The highest BCUT2D eigenvalue weighted by molar-refractivity contribution is 7.98. The summed E-state index contributed by atoms with van der Waals surface area (Å²) in [7, 11) is 0. The molecule has 21 heavy (non-hydrogen) atoms. The second-order valence-corrected chi connectivity index (χ2v) is 5.91. The molecule has 0 bridgehead atoms. The fourth-order valence-electron chi connectivity index (χ4n) is 2.14. The Labute approximate surface area is 130 Å². The summed E-state index contributed by atoms with van der Waals surface area (Å²) in [6, 6.07) is 9.98. The number of rotatable bonds is 10. The Hall–Kier alpha value is -1.40. The van der Waals surface area contributed by atoms with Gasteiger partial charge in [0.05, 0.1) is 12.2 Å².